The molecule has 2 rings (SSSR count). The van der Waals surface area contributed by atoms with Gasteiger partial charge in [-0.15, -0.1) is 0 Å². The van der Waals surface area contributed by atoms with Crippen molar-refractivity contribution in [3.05, 3.63) is 0 Å². The van der Waals surface area contributed by atoms with Gasteiger partial charge >= 0.3 is 0 Å². The summed E-state index contributed by atoms with van der Waals surface area (Å²) in [5.74, 6) is 2.83. The SMILES string of the molecule is C1CNCC2(C1)CSC2. The lowest BCUT2D eigenvalue weighted by Crippen LogP contribution is -2.48. The van der Waals surface area contributed by atoms with Crippen LogP contribution in [0, 0.1) is 5.41 Å². The van der Waals surface area contributed by atoms with Crippen molar-refractivity contribution in [2.45, 2.75) is 12.8 Å². The van der Waals surface area contributed by atoms with Gasteiger partial charge in [-0.05, 0) is 19.4 Å². The lowest BCUT2D eigenvalue weighted by molar-refractivity contribution is 0.262. The highest BCUT2D eigenvalue weighted by Crippen LogP contribution is 2.42. The van der Waals surface area contributed by atoms with Gasteiger partial charge in [0.2, 0.25) is 0 Å². The number of hydrogen-bond donors (Lipinski definition) is 1. The molecule has 0 unspecified atom stereocenters. The summed E-state index contributed by atoms with van der Waals surface area (Å²) < 4.78 is 0. The fourth-order valence-corrected chi connectivity index (χ4v) is 2.94. The third kappa shape index (κ3) is 0.987. The smallest absolute Gasteiger partial charge is 0.00237 e. The molecule has 0 atom stereocenters. The zero-order valence-electron chi connectivity index (χ0n) is 5.65. The molecule has 0 saturated carbocycles. The van der Waals surface area contributed by atoms with Crippen LogP contribution in [0.3, 0.4) is 0 Å². The highest BCUT2D eigenvalue weighted by molar-refractivity contribution is 8.00. The highest BCUT2D eigenvalue weighted by Gasteiger charge is 2.38. The first-order valence-electron chi connectivity index (χ1n) is 3.70. The summed E-state index contributed by atoms with van der Waals surface area (Å²) in [4.78, 5) is 0. The third-order valence-electron chi connectivity index (χ3n) is 2.38. The molecule has 2 aliphatic heterocycles. The molecule has 0 aromatic heterocycles. The molecule has 2 saturated heterocycles. The molecule has 1 spiro atoms. The molecule has 2 heteroatoms. The second kappa shape index (κ2) is 2.17. The van der Waals surface area contributed by atoms with E-state index >= 15 is 0 Å². The molecule has 2 aliphatic rings. The van der Waals surface area contributed by atoms with Crippen molar-refractivity contribution in [2.24, 2.45) is 5.41 Å². The minimum Gasteiger partial charge on any atom is -0.316 e. The Balaban J connectivity index is 1.93. The second-order valence-corrected chi connectivity index (χ2v) is 4.26. The molecular weight excluding hydrogens is 130 g/mol. The summed E-state index contributed by atoms with van der Waals surface area (Å²) in [6.07, 6.45) is 2.88. The Hall–Kier alpha value is 0.310. The quantitative estimate of drug-likeness (QED) is 0.545. The Bertz CT molecular complexity index is 101. The van der Waals surface area contributed by atoms with E-state index in [-0.39, 0.29) is 0 Å². The summed E-state index contributed by atoms with van der Waals surface area (Å²) in [7, 11) is 0. The van der Waals surface area contributed by atoms with E-state index < -0.39 is 0 Å². The molecule has 0 aromatic rings. The first kappa shape index (κ1) is 6.05. The number of piperidine rings is 1. The Labute approximate surface area is 60.6 Å². The van der Waals surface area contributed by atoms with Crippen LogP contribution in [0.4, 0.5) is 0 Å². The molecule has 2 fully saturated rings. The maximum absolute atomic E-state index is 3.46. The minimum atomic E-state index is 0.753. The molecule has 0 aromatic carbocycles. The van der Waals surface area contributed by atoms with Crippen LogP contribution in [-0.4, -0.2) is 24.6 Å². The van der Waals surface area contributed by atoms with Gasteiger partial charge in [-0.1, -0.05) is 0 Å². The average molecular weight is 143 g/mol. The Morgan fingerprint density at radius 1 is 1.33 bits per heavy atom. The predicted molar refractivity (Wildman–Crippen MR) is 41.9 cm³/mol. The van der Waals surface area contributed by atoms with Crippen molar-refractivity contribution in [3.8, 4) is 0 Å². The largest absolute Gasteiger partial charge is 0.316 e. The van der Waals surface area contributed by atoms with Crippen molar-refractivity contribution >= 4 is 11.8 Å². The van der Waals surface area contributed by atoms with Gasteiger partial charge in [0.15, 0.2) is 0 Å². The van der Waals surface area contributed by atoms with E-state index in [1.165, 1.54) is 37.4 Å². The summed E-state index contributed by atoms with van der Waals surface area (Å²) in [6, 6.07) is 0. The van der Waals surface area contributed by atoms with Crippen molar-refractivity contribution in [1.29, 1.82) is 0 Å². The molecule has 0 radical (unpaired) electrons. The molecule has 0 bridgehead atoms. The zero-order valence-corrected chi connectivity index (χ0v) is 6.47. The van der Waals surface area contributed by atoms with Gasteiger partial charge < -0.3 is 5.32 Å². The van der Waals surface area contributed by atoms with Crippen LogP contribution in [0.2, 0.25) is 0 Å². The van der Waals surface area contributed by atoms with Crippen LogP contribution in [0.25, 0.3) is 0 Å². The first-order valence-corrected chi connectivity index (χ1v) is 4.85. The van der Waals surface area contributed by atoms with Crippen molar-refractivity contribution in [2.75, 3.05) is 24.6 Å². The molecule has 1 N–H and O–H groups in total. The lowest BCUT2D eigenvalue weighted by atomic mass is 9.84. The summed E-state index contributed by atoms with van der Waals surface area (Å²) in [5, 5.41) is 3.46. The van der Waals surface area contributed by atoms with Crippen molar-refractivity contribution < 1.29 is 0 Å². The maximum atomic E-state index is 3.46. The Morgan fingerprint density at radius 3 is 2.56 bits per heavy atom. The topological polar surface area (TPSA) is 12.0 Å². The van der Waals surface area contributed by atoms with E-state index in [1.54, 1.807) is 0 Å². The molecular formula is C7H13NS. The van der Waals surface area contributed by atoms with Gasteiger partial charge in [0, 0.05) is 23.5 Å². The van der Waals surface area contributed by atoms with E-state index in [0.29, 0.717) is 0 Å². The lowest BCUT2D eigenvalue weighted by Gasteiger charge is -2.44. The maximum Gasteiger partial charge on any atom is 0.00237 e. The monoisotopic (exact) mass is 143 g/mol. The van der Waals surface area contributed by atoms with Crippen LogP contribution in [0.5, 0.6) is 0 Å². The van der Waals surface area contributed by atoms with Crippen LogP contribution in [0.1, 0.15) is 12.8 Å². The van der Waals surface area contributed by atoms with Gasteiger partial charge in [-0.25, -0.2) is 0 Å². The number of nitrogens with one attached hydrogen (secondary N) is 1. The standard InChI is InChI=1S/C7H13NS/c1-2-7(4-8-3-1)5-9-6-7/h8H,1-6H2. The van der Waals surface area contributed by atoms with Crippen LogP contribution < -0.4 is 5.32 Å². The normalized spacial score (nSPS) is 32.0. The molecule has 0 aliphatic carbocycles. The molecule has 0 amide bonds. The fourth-order valence-electron chi connectivity index (χ4n) is 1.67. The van der Waals surface area contributed by atoms with Crippen LogP contribution in [0.15, 0.2) is 0 Å². The Kier molecular flexibility index (Phi) is 1.46. The fraction of sp³-hybridized carbons (Fsp3) is 1.00. The third-order valence-corrected chi connectivity index (χ3v) is 4.01. The van der Waals surface area contributed by atoms with E-state index in [4.69, 9.17) is 0 Å². The van der Waals surface area contributed by atoms with Crippen LogP contribution >= 0.6 is 11.8 Å². The van der Waals surface area contributed by atoms with Gasteiger partial charge in [0.25, 0.3) is 0 Å². The highest BCUT2D eigenvalue weighted by atomic mass is 32.2. The number of thioether (sulfide) groups is 1. The van der Waals surface area contributed by atoms with E-state index in [0.717, 1.165) is 5.41 Å². The van der Waals surface area contributed by atoms with Crippen molar-refractivity contribution in [3.63, 3.8) is 0 Å². The molecule has 52 valence electrons. The second-order valence-electron chi connectivity index (χ2n) is 3.27. The average Bonchev–Trinajstić information content (AvgIpc) is 1.87. The predicted octanol–water partition coefficient (Wildman–Crippen LogP) is 1.10. The first-order chi connectivity index (χ1) is 4.41. The number of hydrogen-bond acceptors (Lipinski definition) is 2. The van der Waals surface area contributed by atoms with Crippen LogP contribution in [-0.2, 0) is 0 Å². The molecule has 1 nitrogen and oxygen atoms in total. The molecule has 9 heavy (non-hydrogen) atoms. The minimum absolute atomic E-state index is 0.753. The van der Waals surface area contributed by atoms with E-state index in [1.807, 2.05) is 0 Å². The zero-order chi connectivity index (χ0) is 6.16. The van der Waals surface area contributed by atoms with Crippen molar-refractivity contribution in [1.82, 2.24) is 5.32 Å². The van der Waals surface area contributed by atoms with E-state index in [9.17, 15) is 0 Å². The summed E-state index contributed by atoms with van der Waals surface area (Å²) in [5.41, 5.74) is 0.753. The van der Waals surface area contributed by atoms with Gasteiger partial charge in [-0.3, -0.25) is 0 Å². The molecule has 2 heterocycles. The summed E-state index contributed by atoms with van der Waals surface area (Å²) >= 11 is 2.10. The van der Waals surface area contributed by atoms with E-state index in [2.05, 4.69) is 17.1 Å². The van der Waals surface area contributed by atoms with Gasteiger partial charge in [0.1, 0.15) is 0 Å². The van der Waals surface area contributed by atoms with Gasteiger partial charge in [0.05, 0.1) is 0 Å². The number of rotatable bonds is 0. The summed E-state index contributed by atoms with van der Waals surface area (Å²) in [6.45, 7) is 2.55. The Morgan fingerprint density at radius 2 is 2.22 bits per heavy atom. The van der Waals surface area contributed by atoms with Gasteiger partial charge in [-0.2, -0.15) is 11.8 Å².